The fraction of sp³-hybridized carbons (Fsp3) is 0.143. The van der Waals surface area contributed by atoms with Crippen molar-refractivity contribution < 1.29 is 19.1 Å². The first-order chi connectivity index (χ1) is 12.5. The van der Waals surface area contributed by atoms with Crippen LogP contribution in [0.3, 0.4) is 0 Å². The quantitative estimate of drug-likeness (QED) is 0.563. The predicted octanol–water partition coefficient (Wildman–Crippen LogP) is 3.66. The van der Waals surface area contributed by atoms with E-state index >= 15 is 0 Å². The Hall–Kier alpha value is -3.34. The summed E-state index contributed by atoms with van der Waals surface area (Å²) in [6.07, 6.45) is 0. The van der Waals surface area contributed by atoms with Gasteiger partial charge >= 0.3 is 5.97 Å². The Morgan fingerprint density at radius 1 is 0.962 bits per heavy atom. The molecule has 0 radical (unpaired) electrons. The molecular weight excluding hydrogens is 330 g/mol. The van der Waals surface area contributed by atoms with Crippen molar-refractivity contribution in [2.75, 3.05) is 7.11 Å². The zero-order valence-electron chi connectivity index (χ0n) is 14.6. The highest BCUT2D eigenvalue weighted by Crippen LogP contribution is 2.29. The lowest BCUT2D eigenvalue weighted by molar-refractivity contribution is -0.135. The van der Waals surface area contributed by atoms with E-state index in [4.69, 9.17) is 15.2 Å². The molecule has 0 aliphatic heterocycles. The zero-order chi connectivity index (χ0) is 18.7. The zero-order valence-corrected chi connectivity index (χ0v) is 14.6. The highest BCUT2D eigenvalue weighted by molar-refractivity contribution is 6.07. The highest BCUT2D eigenvalue weighted by atomic mass is 16.5. The molecule has 2 N–H and O–H groups in total. The van der Waals surface area contributed by atoms with Gasteiger partial charge < -0.3 is 15.2 Å². The number of hydrogen-bond acceptors (Lipinski definition) is 4. The molecule has 0 heterocycles. The third-order valence-corrected chi connectivity index (χ3v) is 4.27. The molecular formula is C21H19NO4. The maximum atomic E-state index is 12.4. The number of carbonyl (C=O) groups is 2. The molecule has 1 atom stereocenters. The van der Waals surface area contributed by atoms with E-state index in [1.54, 1.807) is 43.3 Å². The first-order valence-electron chi connectivity index (χ1n) is 8.18. The Balaban J connectivity index is 1.96. The van der Waals surface area contributed by atoms with E-state index in [0.717, 1.165) is 10.9 Å². The topological polar surface area (TPSA) is 78.6 Å². The fourth-order valence-corrected chi connectivity index (χ4v) is 2.77. The first kappa shape index (κ1) is 17.5. The summed E-state index contributed by atoms with van der Waals surface area (Å²) in [6, 6.07) is 17.8. The molecule has 5 nitrogen and oxygen atoms in total. The molecule has 0 bridgehead atoms. The minimum Gasteiger partial charge on any atom is -0.497 e. The Morgan fingerprint density at radius 3 is 2.35 bits per heavy atom. The largest absolute Gasteiger partial charge is 0.497 e. The van der Waals surface area contributed by atoms with Crippen molar-refractivity contribution >= 4 is 22.6 Å². The summed E-state index contributed by atoms with van der Waals surface area (Å²) in [7, 11) is 1.53. The summed E-state index contributed by atoms with van der Waals surface area (Å²) in [4.78, 5) is 24.2. The van der Waals surface area contributed by atoms with Crippen molar-refractivity contribution in [3.63, 3.8) is 0 Å². The van der Waals surface area contributed by atoms with Gasteiger partial charge in [-0.3, -0.25) is 9.59 Å². The van der Waals surface area contributed by atoms with Crippen LogP contribution in [-0.2, 0) is 4.79 Å². The van der Waals surface area contributed by atoms with E-state index in [9.17, 15) is 9.59 Å². The van der Waals surface area contributed by atoms with Crippen molar-refractivity contribution in [3.05, 3.63) is 71.8 Å². The van der Waals surface area contributed by atoms with E-state index < -0.39 is 11.8 Å². The second-order valence-corrected chi connectivity index (χ2v) is 5.98. The maximum Gasteiger partial charge on any atom is 0.318 e. The third-order valence-electron chi connectivity index (χ3n) is 4.27. The molecule has 26 heavy (non-hydrogen) atoms. The summed E-state index contributed by atoms with van der Waals surface area (Å²) in [5.74, 6) is -0.374. The number of hydrogen-bond donors (Lipinski definition) is 1. The van der Waals surface area contributed by atoms with E-state index in [1.807, 2.05) is 24.3 Å². The SMILES string of the molecule is COc1cc(C(N)=O)c2cc(C(C)C(=O)Oc3ccccc3)ccc2c1. The van der Waals surface area contributed by atoms with Crippen LogP contribution in [0.4, 0.5) is 0 Å². The summed E-state index contributed by atoms with van der Waals surface area (Å²) in [5.41, 5.74) is 6.60. The molecule has 1 unspecified atom stereocenters. The maximum absolute atomic E-state index is 12.4. The normalized spacial score (nSPS) is 11.8. The number of esters is 1. The Kier molecular flexibility index (Phi) is 4.89. The van der Waals surface area contributed by atoms with E-state index in [1.165, 1.54) is 7.11 Å². The molecule has 132 valence electrons. The number of fused-ring (bicyclic) bond motifs is 1. The van der Waals surface area contributed by atoms with Crippen LogP contribution in [0, 0.1) is 0 Å². The van der Waals surface area contributed by atoms with E-state index in [2.05, 4.69) is 0 Å². The third kappa shape index (κ3) is 3.52. The molecule has 0 saturated heterocycles. The Bertz CT molecular complexity index is 966. The van der Waals surface area contributed by atoms with Crippen LogP contribution in [0.25, 0.3) is 10.8 Å². The van der Waals surface area contributed by atoms with Crippen LogP contribution in [-0.4, -0.2) is 19.0 Å². The molecule has 0 aliphatic rings. The molecule has 1 amide bonds. The minimum atomic E-state index is -0.550. The lowest BCUT2D eigenvalue weighted by Crippen LogP contribution is -2.16. The number of ether oxygens (including phenoxy) is 2. The van der Waals surface area contributed by atoms with Crippen LogP contribution in [0.2, 0.25) is 0 Å². The minimum absolute atomic E-state index is 0.352. The van der Waals surface area contributed by atoms with Crippen molar-refractivity contribution in [1.82, 2.24) is 0 Å². The number of rotatable bonds is 5. The van der Waals surface area contributed by atoms with Crippen LogP contribution >= 0.6 is 0 Å². The number of methoxy groups -OCH3 is 1. The van der Waals surface area contributed by atoms with Crippen LogP contribution in [0.15, 0.2) is 60.7 Å². The standard InChI is InChI=1S/C21H19NO4/c1-13(21(24)26-16-6-4-3-5-7-16)14-8-9-15-10-17(25-2)12-19(20(22)23)18(15)11-14/h3-13H,1-2H3,(H2,22,23). The second-order valence-electron chi connectivity index (χ2n) is 5.98. The van der Waals surface area contributed by atoms with Crippen LogP contribution < -0.4 is 15.2 Å². The molecule has 3 aromatic carbocycles. The van der Waals surface area contributed by atoms with Gasteiger partial charge in [0.15, 0.2) is 0 Å². The smallest absolute Gasteiger partial charge is 0.318 e. The van der Waals surface area contributed by atoms with Gasteiger partial charge in [0.1, 0.15) is 11.5 Å². The predicted molar refractivity (Wildman–Crippen MR) is 99.5 cm³/mol. The summed E-state index contributed by atoms with van der Waals surface area (Å²) in [5, 5.41) is 1.49. The number of nitrogens with two attached hydrogens (primary N) is 1. The number of amides is 1. The van der Waals surface area contributed by atoms with Gasteiger partial charge in [-0.15, -0.1) is 0 Å². The summed E-state index contributed by atoms with van der Waals surface area (Å²) >= 11 is 0. The molecule has 5 heteroatoms. The van der Waals surface area contributed by atoms with Gasteiger partial charge in [0.2, 0.25) is 5.91 Å². The summed E-state index contributed by atoms with van der Waals surface area (Å²) < 4.78 is 10.6. The molecule has 3 aromatic rings. The van der Waals surface area contributed by atoms with E-state index in [0.29, 0.717) is 22.4 Å². The second kappa shape index (κ2) is 7.27. The molecule has 0 fully saturated rings. The molecule has 0 aliphatic carbocycles. The molecule has 3 rings (SSSR count). The van der Waals surface area contributed by atoms with Crippen molar-refractivity contribution in [1.29, 1.82) is 0 Å². The van der Waals surface area contributed by atoms with Gasteiger partial charge in [0.05, 0.1) is 18.6 Å². The molecule has 0 spiro atoms. The highest BCUT2D eigenvalue weighted by Gasteiger charge is 2.19. The Labute approximate surface area is 151 Å². The van der Waals surface area contributed by atoms with Gasteiger partial charge in [-0.2, -0.15) is 0 Å². The first-order valence-corrected chi connectivity index (χ1v) is 8.18. The van der Waals surface area contributed by atoms with Gasteiger partial charge in [0, 0.05) is 0 Å². The monoisotopic (exact) mass is 349 g/mol. The fourth-order valence-electron chi connectivity index (χ4n) is 2.77. The van der Waals surface area contributed by atoms with Gasteiger partial charge in [-0.05, 0) is 53.6 Å². The van der Waals surface area contributed by atoms with Crippen LogP contribution in [0.5, 0.6) is 11.5 Å². The number of carbonyl (C=O) groups excluding carboxylic acids is 2. The van der Waals surface area contributed by atoms with Gasteiger partial charge in [-0.25, -0.2) is 0 Å². The van der Waals surface area contributed by atoms with E-state index in [-0.39, 0.29) is 5.97 Å². The summed E-state index contributed by atoms with van der Waals surface area (Å²) in [6.45, 7) is 1.76. The average molecular weight is 349 g/mol. The van der Waals surface area contributed by atoms with Crippen molar-refractivity contribution in [2.45, 2.75) is 12.8 Å². The van der Waals surface area contributed by atoms with Gasteiger partial charge in [-0.1, -0.05) is 30.3 Å². The lowest BCUT2D eigenvalue weighted by atomic mass is 9.95. The molecule has 0 aromatic heterocycles. The van der Waals surface area contributed by atoms with Crippen molar-refractivity contribution in [2.24, 2.45) is 5.73 Å². The van der Waals surface area contributed by atoms with Crippen LogP contribution in [0.1, 0.15) is 28.8 Å². The average Bonchev–Trinajstić information content (AvgIpc) is 2.66. The number of primary amides is 1. The lowest BCUT2D eigenvalue weighted by Gasteiger charge is -2.14. The number of para-hydroxylation sites is 1. The van der Waals surface area contributed by atoms with Gasteiger partial charge in [0.25, 0.3) is 0 Å². The Morgan fingerprint density at radius 2 is 1.69 bits per heavy atom. The van der Waals surface area contributed by atoms with Crippen molar-refractivity contribution in [3.8, 4) is 11.5 Å². The number of benzene rings is 3. The molecule has 0 saturated carbocycles.